The molecule has 130 valence electrons. The third kappa shape index (κ3) is 3.82. The van der Waals surface area contributed by atoms with Gasteiger partial charge in [-0.15, -0.1) is 0 Å². The van der Waals surface area contributed by atoms with Gasteiger partial charge in [0, 0.05) is 12.5 Å². The van der Waals surface area contributed by atoms with Gasteiger partial charge in [0.1, 0.15) is 17.2 Å². The molecule has 1 N–H and O–H groups in total. The van der Waals surface area contributed by atoms with Gasteiger partial charge in [-0.25, -0.2) is 8.78 Å². The molecule has 0 saturated heterocycles. The molecule has 0 aliphatic heterocycles. The van der Waals surface area contributed by atoms with E-state index in [4.69, 9.17) is 0 Å². The summed E-state index contributed by atoms with van der Waals surface area (Å²) in [5.74, 6) is -1.09. The largest absolute Gasteiger partial charge is 0.380 e. The first-order valence-electron chi connectivity index (χ1n) is 8.38. The summed E-state index contributed by atoms with van der Waals surface area (Å²) in [6.07, 6.45) is 0. The van der Waals surface area contributed by atoms with Crippen molar-refractivity contribution in [1.82, 2.24) is 4.90 Å². The minimum absolute atomic E-state index is 0.249. The van der Waals surface area contributed by atoms with Crippen molar-refractivity contribution in [3.05, 3.63) is 71.3 Å². The van der Waals surface area contributed by atoms with Crippen LogP contribution in [0.5, 0.6) is 0 Å². The predicted octanol–water partition coefficient (Wildman–Crippen LogP) is 4.18. The third-order valence-corrected chi connectivity index (χ3v) is 4.67. The minimum atomic E-state index is -1.47. The van der Waals surface area contributed by atoms with Crippen LogP contribution < -0.4 is 0 Å². The average Bonchev–Trinajstić information content (AvgIpc) is 2.58. The van der Waals surface area contributed by atoms with Gasteiger partial charge in [0.2, 0.25) is 0 Å². The number of aliphatic hydroxyl groups is 1. The fraction of sp³-hybridized carbons (Fsp3) is 0.400. The molecule has 0 aromatic heterocycles. The topological polar surface area (TPSA) is 23.5 Å². The summed E-state index contributed by atoms with van der Waals surface area (Å²) in [6.45, 7) is 8.34. The first-order valence-corrected chi connectivity index (χ1v) is 8.38. The Bertz CT molecular complexity index is 625. The van der Waals surface area contributed by atoms with Gasteiger partial charge in [0.05, 0.1) is 0 Å². The molecule has 0 radical (unpaired) electrons. The van der Waals surface area contributed by atoms with E-state index in [0.29, 0.717) is 17.7 Å². The Morgan fingerprint density at radius 1 is 0.958 bits per heavy atom. The second-order valence-corrected chi connectivity index (χ2v) is 6.17. The van der Waals surface area contributed by atoms with Crippen LogP contribution in [0.15, 0.2) is 48.5 Å². The van der Waals surface area contributed by atoms with Crippen LogP contribution in [0, 0.1) is 17.6 Å². The monoisotopic (exact) mass is 333 g/mol. The van der Waals surface area contributed by atoms with Crippen LogP contribution in [0.3, 0.4) is 0 Å². The van der Waals surface area contributed by atoms with Crippen molar-refractivity contribution in [2.75, 3.05) is 19.6 Å². The predicted molar refractivity (Wildman–Crippen MR) is 92.8 cm³/mol. The molecule has 0 bridgehead atoms. The average molecular weight is 333 g/mol. The molecule has 0 heterocycles. The Balaban J connectivity index is 2.52. The standard InChI is InChI=1S/C20H25F2NO/c1-4-23(5-2)14-15(3)20(24,16-8-6-10-18(21)12-16)17-9-7-11-19(22)13-17/h6-13,15,24H,4-5,14H2,1-3H3/t15-/m1/s1. The van der Waals surface area contributed by atoms with Crippen molar-refractivity contribution in [2.24, 2.45) is 5.92 Å². The lowest BCUT2D eigenvalue weighted by atomic mass is 9.76. The highest BCUT2D eigenvalue weighted by atomic mass is 19.1. The van der Waals surface area contributed by atoms with Crippen LogP contribution in [-0.4, -0.2) is 29.6 Å². The number of hydrogen-bond donors (Lipinski definition) is 1. The summed E-state index contributed by atoms with van der Waals surface area (Å²) in [5.41, 5.74) is -0.590. The van der Waals surface area contributed by atoms with Gasteiger partial charge in [0.25, 0.3) is 0 Å². The second kappa shape index (κ2) is 7.86. The molecule has 0 spiro atoms. The van der Waals surface area contributed by atoms with E-state index >= 15 is 0 Å². The van der Waals surface area contributed by atoms with E-state index < -0.39 is 17.2 Å². The van der Waals surface area contributed by atoms with Crippen LogP contribution in [0.1, 0.15) is 31.9 Å². The molecular formula is C20H25F2NO. The van der Waals surface area contributed by atoms with Crippen LogP contribution in [0.2, 0.25) is 0 Å². The number of nitrogens with zero attached hydrogens (tertiary/aromatic N) is 1. The molecule has 0 aliphatic carbocycles. The molecule has 2 nitrogen and oxygen atoms in total. The zero-order chi connectivity index (χ0) is 17.7. The first kappa shape index (κ1) is 18.6. The molecule has 0 unspecified atom stereocenters. The molecule has 2 aromatic carbocycles. The second-order valence-electron chi connectivity index (χ2n) is 6.17. The van der Waals surface area contributed by atoms with Crippen molar-refractivity contribution in [3.8, 4) is 0 Å². The molecule has 0 fully saturated rings. The summed E-state index contributed by atoms with van der Waals surface area (Å²) in [4.78, 5) is 2.19. The summed E-state index contributed by atoms with van der Waals surface area (Å²) in [5, 5.41) is 11.6. The maximum atomic E-state index is 13.8. The minimum Gasteiger partial charge on any atom is -0.380 e. The summed E-state index contributed by atoms with van der Waals surface area (Å²) in [6, 6.07) is 11.8. The van der Waals surface area contributed by atoms with E-state index in [9.17, 15) is 13.9 Å². The van der Waals surface area contributed by atoms with Gasteiger partial charge in [-0.1, -0.05) is 45.0 Å². The third-order valence-electron chi connectivity index (χ3n) is 4.67. The van der Waals surface area contributed by atoms with E-state index in [1.165, 1.54) is 24.3 Å². The zero-order valence-corrected chi connectivity index (χ0v) is 14.5. The molecule has 0 saturated carbocycles. The highest BCUT2D eigenvalue weighted by Gasteiger charge is 2.38. The number of benzene rings is 2. The molecule has 1 atom stereocenters. The van der Waals surface area contributed by atoms with Gasteiger partial charge < -0.3 is 10.0 Å². The van der Waals surface area contributed by atoms with Crippen molar-refractivity contribution >= 4 is 0 Å². The maximum Gasteiger partial charge on any atom is 0.123 e. The van der Waals surface area contributed by atoms with Crippen LogP contribution in [0.25, 0.3) is 0 Å². The maximum absolute atomic E-state index is 13.8. The van der Waals surface area contributed by atoms with E-state index in [-0.39, 0.29) is 5.92 Å². The summed E-state index contributed by atoms with van der Waals surface area (Å²) >= 11 is 0. The summed E-state index contributed by atoms with van der Waals surface area (Å²) < 4.78 is 27.5. The lowest BCUT2D eigenvalue weighted by Crippen LogP contribution is -2.42. The molecule has 4 heteroatoms. The van der Waals surface area contributed by atoms with Crippen molar-refractivity contribution in [1.29, 1.82) is 0 Å². The quantitative estimate of drug-likeness (QED) is 0.822. The summed E-state index contributed by atoms with van der Waals surface area (Å²) in [7, 11) is 0. The number of rotatable bonds is 7. The number of halogens is 2. The molecule has 24 heavy (non-hydrogen) atoms. The van der Waals surface area contributed by atoms with Gasteiger partial charge in [-0.05, 0) is 48.5 Å². The Morgan fingerprint density at radius 3 is 1.79 bits per heavy atom. The van der Waals surface area contributed by atoms with Crippen molar-refractivity contribution in [2.45, 2.75) is 26.4 Å². The fourth-order valence-electron chi connectivity index (χ4n) is 3.19. The van der Waals surface area contributed by atoms with Gasteiger partial charge in [-0.3, -0.25) is 0 Å². The SMILES string of the molecule is CCN(CC)C[C@@H](C)C(O)(c1cccc(F)c1)c1cccc(F)c1. The van der Waals surface area contributed by atoms with Crippen LogP contribution in [0.4, 0.5) is 8.78 Å². The smallest absolute Gasteiger partial charge is 0.123 e. The molecular weight excluding hydrogens is 308 g/mol. The molecule has 2 rings (SSSR count). The van der Waals surface area contributed by atoms with Crippen molar-refractivity contribution in [3.63, 3.8) is 0 Å². The Labute approximate surface area is 142 Å². The van der Waals surface area contributed by atoms with Gasteiger partial charge >= 0.3 is 0 Å². The van der Waals surface area contributed by atoms with Gasteiger partial charge in [0.15, 0.2) is 0 Å². The Morgan fingerprint density at radius 2 is 1.42 bits per heavy atom. The molecule has 2 aromatic rings. The lowest BCUT2D eigenvalue weighted by molar-refractivity contribution is 0.00823. The number of hydrogen-bond acceptors (Lipinski definition) is 2. The normalized spacial score (nSPS) is 13.3. The lowest BCUT2D eigenvalue weighted by Gasteiger charge is -2.38. The Hall–Kier alpha value is -1.78. The molecule has 0 amide bonds. The van der Waals surface area contributed by atoms with E-state index in [1.807, 2.05) is 6.92 Å². The van der Waals surface area contributed by atoms with E-state index in [0.717, 1.165) is 13.1 Å². The molecule has 0 aliphatic rings. The van der Waals surface area contributed by atoms with Crippen LogP contribution >= 0.6 is 0 Å². The highest BCUT2D eigenvalue weighted by molar-refractivity contribution is 5.37. The highest BCUT2D eigenvalue weighted by Crippen LogP contribution is 2.37. The van der Waals surface area contributed by atoms with Crippen LogP contribution in [-0.2, 0) is 5.60 Å². The van der Waals surface area contributed by atoms with E-state index in [1.54, 1.807) is 24.3 Å². The fourth-order valence-corrected chi connectivity index (χ4v) is 3.19. The van der Waals surface area contributed by atoms with E-state index in [2.05, 4.69) is 18.7 Å². The zero-order valence-electron chi connectivity index (χ0n) is 14.5. The first-order chi connectivity index (χ1) is 11.4. The van der Waals surface area contributed by atoms with Gasteiger partial charge in [-0.2, -0.15) is 0 Å². The van der Waals surface area contributed by atoms with Crippen molar-refractivity contribution < 1.29 is 13.9 Å². The Kier molecular flexibility index (Phi) is 6.08.